The predicted octanol–water partition coefficient (Wildman–Crippen LogP) is -0.205. The van der Waals surface area contributed by atoms with Crippen molar-refractivity contribution in [2.75, 3.05) is 38.1 Å². The van der Waals surface area contributed by atoms with E-state index < -0.39 is 0 Å². The van der Waals surface area contributed by atoms with Crippen LogP contribution in [0, 0.1) is 0 Å². The molecular weight excluding hydrogens is 254 g/mol. The van der Waals surface area contributed by atoms with Crippen molar-refractivity contribution in [3.8, 4) is 0 Å². The van der Waals surface area contributed by atoms with E-state index in [1.54, 1.807) is 19.4 Å². The molecule has 0 atom stereocenters. The van der Waals surface area contributed by atoms with Gasteiger partial charge in [0.15, 0.2) is 0 Å². The summed E-state index contributed by atoms with van der Waals surface area (Å²) in [4.78, 5) is 12.6. The highest BCUT2D eigenvalue weighted by Gasteiger charge is 2.21. The van der Waals surface area contributed by atoms with Crippen LogP contribution in [0.4, 0.5) is 5.69 Å². The maximum atomic E-state index is 5.80. The van der Waals surface area contributed by atoms with Gasteiger partial charge in [-0.05, 0) is 12.1 Å². The van der Waals surface area contributed by atoms with E-state index >= 15 is 0 Å². The van der Waals surface area contributed by atoms with Crippen molar-refractivity contribution < 1.29 is 0 Å². The van der Waals surface area contributed by atoms with Crippen LogP contribution in [-0.4, -0.2) is 54.1 Å². The Balaban J connectivity index is 2.02. The Bertz CT molecular complexity index is 475. The Labute approximate surface area is 119 Å². The smallest absolute Gasteiger partial charge is 0.217 e. The highest BCUT2D eigenvalue weighted by atomic mass is 15.5. The Morgan fingerprint density at radius 1 is 1.30 bits per heavy atom. The first-order chi connectivity index (χ1) is 9.58. The molecule has 2 rings (SSSR count). The number of nitrogens with zero attached hydrogens (tertiary/aromatic N) is 5. The number of anilines is 1. The number of nitrogens with two attached hydrogens (primary N) is 2. The third-order valence-corrected chi connectivity index (χ3v) is 3.15. The van der Waals surface area contributed by atoms with Gasteiger partial charge in [-0.25, -0.2) is 5.84 Å². The molecule has 1 fully saturated rings. The molecule has 108 valence electrons. The number of hydrazine groups is 1. The number of pyridine rings is 1. The van der Waals surface area contributed by atoms with Crippen molar-refractivity contribution in [2.24, 2.45) is 16.6 Å². The monoisotopic (exact) mass is 275 g/mol. The van der Waals surface area contributed by atoms with Crippen molar-refractivity contribution in [3.05, 3.63) is 36.9 Å². The highest BCUT2D eigenvalue weighted by Crippen LogP contribution is 2.15. The number of aliphatic imine (C=N–C) groups is 1. The van der Waals surface area contributed by atoms with E-state index in [2.05, 4.69) is 26.4 Å². The van der Waals surface area contributed by atoms with Crippen molar-refractivity contribution in [3.63, 3.8) is 0 Å². The molecule has 0 aromatic carbocycles. The van der Waals surface area contributed by atoms with Crippen LogP contribution in [-0.2, 0) is 0 Å². The van der Waals surface area contributed by atoms with Crippen LogP contribution in [0.2, 0.25) is 0 Å². The molecule has 1 saturated heterocycles. The first-order valence-electron chi connectivity index (χ1n) is 6.49. The van der Waals surface area contributed by atoms with Gasteiger partial charge in [0, 0.05) is 51.3 Å². The lowest BCUT2D eigenvalue weighted by atomic mass is 10.3. The second-order valence-electron chi connectivity index (χ2n) is 4.69. The SMILES string of the molecule is C=C(N)N=C(N(C)N)N1CCN(c2ccncc2)CC1. The average Bonchev–Trinajstić information content (AvgIpc) is 2.45. The summed E-state index contributed by atoms with van der Waals surface area (Å²) in [5.41, 5.74) is 6.73. The van der Waals surface area contributed by atoms with E-state index in [4.69, 9.17) is 11.6 Å². The van der Waals surface area contributed by atoms with Gasteiger partial charge in [0.05, 0.1) is 0 Å². The molecule has 0 spiro atoms. The number of guanidine groups is 1. The van der Waals surface area contributed by atoms with Crippen molar-refractivity contribution in [2.45, 2.75) is 0 Å². The molecule has 1 aliphatic heterocycles. The van der Waals surface area contributed by atoms with Crippen LogP contribution in [0.3, 0.4) is 0 Å². The molecule has 7 heteroatoms. The number of aromatic nitrogens is 1. The zero-order valence-corrected chi connectivity index (χ0v) is 11.7. The Hall–Kier alpha value is -2.28. The fourth-order valence-corrected chi connectivity index (χ4v) is 2.22. The molecule has 1 aliphatic rings. The van der Waals surface area contributed by atoms with Gasteiger partial charge in [0.1, 0.15) is 5.82 Å². The fraction of sp³-hybridized carbons (Fsp3) is 0.385. The number of piperazine rings is 1. The Morgan fingerprint density at radius 3 is 2.40 bits per heavy atom. The lowest BCUT2D eigenvalue weighted by molar-refractivity contribution is 0.329. The van der Waals surface area contributed by atoms with Gasteiger partial charge in [-0.15, -0.1) is 0 Å². The molecule has 2 heterocycles. The highest BCUT2D eigenvalue weighted by molar-refractivity contribution is 5.80. The molecule has 0 amide bonds. The van der Waals surface area contributed by atoms with Crippen LogP contribution in [0.1, 0.15) is 0 Å². The predicted molar refractivity (Wildman–Crippen MR) is 80.7 cm³/mol. The molecular formula is C13H21N7. The topological polar surface area (TPSA) is 87.0 Å². The van der Waals surface area contributed by atoms with Gasteiger partial charge < -0.3 is 15.5 Å². The molecule has 0 saturated carbocycles. The first-order valence-corrected chi connectivity index (χ1v) is 6.49. The molecule has 20 heavy (non-hydrogen) atoms. The number of hydrogen-bond donors (Lipinski definition) is 2. The van der Waals surface area contributed by atoms with E-state index in [1.807, 2.05) is 12.1 Å². The molecule has 0 bridgehead atoms. The van der Waals surface area contributed by atoms with E-state index in [9.17, 15) is 0 Å². The third-order valence-electron chi connectivity index (χ3n) is 3.15. The summed E-state index contributed by atoms with van der Waals surface area (Å²) >= 11 is 0. The summed E-state index contributed by atoms with van der Waals surface area (Å²) in [6, 6.07) is 4.03. The molecule has 1 aromatic rings. The summed E-state index contributed by atoms with van der Waals surface area (Å²) in [7, 11) is 1.75. The average molecular weight is 275 g/mol. The first kappa shape index (κ1) is 14.1. The second kappa shape index (κ2) is 6.25. The Morgan fingerprint density at radius 2 is 1.90 bits per heavy atom. The van der Waals surface area contributed by atoms with Crippen LogP contribution >= 0.6 is 0 Å². The molecule has 1 aromatic heterocycles. The maximum Gasteiger partial charge on any atom is 0.217 e. The summed E-state index contributed by atoms with van der Waals surface area (Å²) in [5.74, 6) is 6.71. The van der Waals surface area contributed by atoms with Gasteiger partial charge >= 0.3 is 0 Å². The van der Waals surface area contributed by atoms with Crippen LogP contribution in [0.25, 0.3) is 0 Å². The van der Waals surface area contributed by atoms with Gasteiger partial charge in [-0.1, -0.05) is 6.58 Å². The molecule has 0 aliphatic carbocycles. The fourth-order valence-electron chi connectivity index (χ4n) is 2.22. The van der Waals surface area contributed by atoms with E-state index in [1.165, 1.54) is 10.7 Å². The summed E-state index contributed by atoms with van der Waals surface area (Å²) in [6.45, 7) is 7.05. The van der Waals surface area contributed by atoms with Crippen LogP contribution in [0.15, 0.2) is 41.9 Å². The molecule has 4 N–H and O–H groups in total. The standard InChI is InChI=1S/C13H21N7/c1-11(14)17-13(18(2)15)20-9-7-19(8-10-20)12-3-5-16-6-4-12/h3-6H,1,7-10,14-15H2,2H3. The summed E-state index contributed by atoms with van der Waals surface area (Å²) in [5, 5.41) is 1.47. The minimum absolute atomic E-state index is 0.258. The van der Waals surface area contributed by atoms with Crippen molar-refractivity contribution >= 4 is 11.6 Å². The molecule has 0 unspecified atom stereocenters. The summed E-state index contributed by atoms with van der Waals surface area (Å²) in [6.07, 6.45) is 3.61. The normalized spacial score (nSPS) is 16.2. The zero-order valence-electron chi connectivity index (χ0n) is 11.7. The van der Waals surface area contributed by atoms with E-state index in [0.29, 0.717) is 5.96 Å². The third kappa shape index (κ3) is 3.39. The lowest BCUT2D eigenvalue weighted by Crippen LogP contribution is -2.54. The molecule has 7 nitrogen and oxygen atoms in total. The largest absolute Gasteiger partial charge is 0.384 e. The zero-order chi connectivity index (χ0) is 14.5. The van der Waals surface area contributed by atoms with Crippen molar-refractivity contribution in [1.29, 1.82) is 0 Å². The Kier molecular flexibility index (Phi) is 4.41. The second-order valence-corrected chi connectivity index (χ2v) is 4.69. The number of rotatable bonds is 2. The van der Waals surface area contributed by atoms with Crippen molar-refractivity contribution in [1.82, 2.24) is 14.9 Å². The van der Waals surface area contributed by atoms with Gasteiger partial charge in [-0.2, -0.15) is 4.99 Å². The van der Waals surface area contributed by atoms with E-state index in [-0.39, 0.29) is 5.82 Å². The molecule has 0 radical (unpaired) electrons. The quantitative estimate of drug-likeness (QED) is 0.336. The summed E-state index contributed by atoms with van der Waals surface area (Å²) < 4.78 is 0. The van der Waals surface area contributed by atoms with Crippen LogP contribution < -0.4 is 16.5 Å². The minimum atomic E-state index is 0.258. The number of hydrogen-bond acceptors (Lipinski definition) is 5. The van der Waals surface area contributed by atoms with Gasteiger partial charge in [0.25, 0.3) is 0 Å². The minimum Gasteiger partial charge on any atom is -0.384 e. The van der Waals surface area contributed by atoms with E-state index in [0.717, 1.165) is 26.2 Å². The van der Waals surface area contributed by atoms with Gasteiger partial charge in [-0.3, -0.25) is 9.99 Å². The lowest BCUT2D eigenvalue weighted by Gasteiger charge is -2.38. The maximum absolute atomic E-state index is 5.80. The van der Waals surface area contributed by atoms with Crippen LogP contribution in [0.5, 0.6) is 0 Å². The van der Waals surface area contributed by atoms with Gasteiger partial charge in [0.2, 0.25) is 5.96 Å².